The largest absolute Gasteiger partial charge is 0.385 e. The Balaban J connectivity index is 2.54. The first-order valence-electron chi connectivity index (χ1n) is 7.25. The number of aliphatic hydroxyl groups is 1. The van der Waals surface area contributed by atoms with Crippen LogP contribution in [0, 0.1) is 5.92 Å². The first kappa shape index (κ1) is 16.0. The minimum Gasteiger partial charge on any atom is -0.385 e. The van der Waals surface area contributed by atoms with Gasteiger partial charge >= 0.3 is 0 Å². The molecule has 0 amide bonds. The molecule has 1 heterocycles. The third kappa shape index (κ3) is 6.76. The lowest BCUT2D eigenvalue weighted by atomic mass is 9.77. The smallest absolute Gasteiger partial charge is 0.113 e. The van der Waals surface area contributed by atoms with Gasteiger partial charge in [0.1, 0.15) is 13.6 Å². The molecule has 0 spiro atoms. The molecule has 0 aromatic rings. The summed E-state index contributed by atoms with van der Waals surface area (Å²) in [4.78, 5) is 0. The molecule has 0 saturated carbocycles. The molecule has 104 valence electrons. The number of hydrogen-bond acceptors (Lipinski definition) is 3. The number of nitrogens with two attached hydrogens (primary N) is 1. The standard InChI is InChI=1S/C14H28BNO2/c1-12-7-9-13(2,15)18-10-6-4-3-5-8-14(16,17)11-12/h12,17H,3-11,16H2,1-2H3. The summed E-state index contributed by atoms with van der Waals surface area (Å²) in [6, 6.07) is 0. The molecule has 4 heteroatoms. The molecule has 0 aromatic carbocycles. The van der Waals surface area contributed by atoms with E-state index in [1.807, 2.05) is 6.92 Å². The number of hydrogen-bond donors (Lipinski definition) is 2. The van der Waals surface area contributed by atoms with E-state index >= 15 is 0 Å². The highest BCUT2D eigenvalue weighted by Gasteiger charge is 2.26. The van der Waals surface area contributed by atoms with Crippen LogP contribution in [0.25, 0.3) is 0 Å². The van der Waals surface area contributed by atoms with E-state index in [1.165, 1.54) is 0 Å². The summed E-state index contributed by atoms with van der Waals surface area (Å²) < 4.78 is 5.73. The fourth-order valence-corrected chi connectivity index (χ4v) is 2.60. The van der Waals surface area contributed by atoms with Crippen molar-refractivity contribution in [2.45, 2.75) is 76.4 Å². The maximum absolute atomic E-state index is 10.1. The summed E-state index contributed by atoms with van der Waals surface area (Å²) in [5.41, 5.74) is 4.39. The highest BCUT2D eigenvalue weighted by molar-refractivity contribution is 6.14. The Morgan fingerprint density at radius 3 is 2.61 bits per heavy atom. The zero-order valence-electron chi connectivity index (χ0n) is 12.0. The van der Waals surface area contributed by atoms with Crippen LogP contribution in [0.4, 0.5) is 0 Å². The molecule has 0 bridgehead atoms. The van der Waals surface area contributed by atoms with Crippen molar-refractivity contribution in [2.75, 3.05) is 6.61 Å². The summed E-state index contributed by atoms with van der Waals surface area (Å²) >= 11 is 0. The minimum atomic E-state index is -1.01. The highest BCUT2D eigenvalue weighted by atomic mass is 16.5. The Hall–Kier alpha value is -0.0551. The number of ether oxygens (including phenoxy) is 1. The number of rotatable bonds is 0. The molecular formula is C14H28BNO2. The monoisotopic (exact) mass is 253 g/mol. The third-order valence-electron chi connectivity index (χ3n) is 3.77. The average Bonchev–Trinajstić information content (AvgIpc) is 2.24. The van der Waals surface area contributed by atoms with Gasteiger partial charge < -0.3 is 15.6 Å². The quantitative estimate of drug-likeness (QED) is 0.514. The van der Waals surface area contributed by atoms with Crippen LogP contribution < -0.4 is 5.73 Å². The van der Waals surface area contributed by atoms with Crippen molar-refractivity contribution >= 4 is 7.85 Å². The Morgan fingerprint density at radius 2 is 1.89 bits per heavy atom. The fourth-order valence-electron chi connectivity index (χ4n) is 2.60. The van der Waals surface area contributed by atoms with Crippen molar-refractivity contribution in [1.82, 2.24) is 0 Å². The summed E-state index contributed by atoms with van der Waals surface area (Å²) in [7, 11) is 6.11. The SMILES string of the molecule is [B]C1(C)CCC(C)CC(N)(O)CCCCCCO1. The second kappa shape index (κ2) is 6.92. The molecule has 1 aliphatic rings. The molecule has 1 aliphatic heterocycles. The van der Waals surface area contributed by atoms with E-state index in [0.717, 1.165) is 45.1 Å². The Bertz CT molecular complexity index is 244. The fraction of sp³-hybridized carbons (Fsp3) is 1.00. The summed E-state index contributed by atoms with van der Waals surface area (Å²) in [5.74, 6) is 0.368. The van der Waals surface area contributed by atoms with Crippen molar-refractivity contribution in [3.05, 3.63) is 0 Å². The van der Waals surface area contributed by atoms with Crippen LogP contribution in [0.5, 0.6) is 0 Å². The maximum atomic E-state index is 10.1. The topological polar surface area (TPSA) is 55.5 Å². The third-order valence-corrected chi connectivity index (χ3v) is 3.77. The highest BCUT2D eigenvalue weighted by Crippen LogP contribution is 2.26. The van der Waals surface area contributed by atoms with Crippen molar-refractivity contribution in [1.29, 1.82) is 0 Å². The molecule has 1 rings (SSSR count). The van der Waals surface area contributed by atoms with Gasteiger partial charge in [-0.05, 0) is 51.4 Å². The van der Waals surface area contributed by atoms with E-state index in [-0.39, 0.29) is 0 Å². The van der Waals surface area contributed by atoms with Gasteiger partial charge in [0.25, 0.3) is 0 Å². The van der Waals surface area contributed by atoms with Gasteiger partial charge in [0.15, 0.2) is 0 Å². The molecule has 3 nitrogen and oxygen atoms in total. The molecule has 0 aliphatic carbocycles. The molecule has 3 N–H and O–H groups in total. The summed E-state index contributed by atoms with van der Waals surface area (Å²) in [5, 5.41) is 10.1. The minimum absolute atomic E-state index is 0.368. The lowest BCUT2D eigenvalue weighted by molar-refractivity contribution is 0.00338. The van der Waals surface area contributed by atoms with Crippen molar-refractivity contribution in [3.8, 4) is 0 Å². The van der Waals surface area contributed by atoms with Gasteiger partial charge in [0.05, 0.1) is 0 Å². The van der Waals surface area contributed by atoms with Crippen LogP contribution in [0.15, 0.2) is 0 Å². The molecular weight excluding hydrogens is 225 g/mol. The average molecular weight is 253 g/mol. The normalized spacial score (nSPS) is 41.4. The molecule has 1 fully saturated rings. The predicted molar refractivity (Wildman–Crippen MR) is 75.3 cm³/mol. The summed E-state index contributed by atoms with van der Waals surface area (Å²) in [6.45, 7) is 4.79. The second-order valence-corrected chi connectivity index (χ2v) is 6.28. The zero-order chi connectivity index (χ0) is 13.6. The van der Waals surface area contributed by atoms with Crippen LogP contribution in [-0.2, 0) is 4.74 Å². The zero-order valence-corrected chi connectivity index (χ0v) is 12.0. The van der Waals surface area contributed by atoms with Gasteiger partial charge in [-0.2, -0.15) is 0 Å². The van der Waals surface area contributed by atoms with Crippen LogP contribution in [0.3, 0.4) is 0 Å². The molecule has 0 aromatic heterocycles. The van der Waals surface area contributed by atoms with Gasteiger partial charge in [0, 0.05) is 12.1 Å². The van der Waals surface area contributed by atoms with Crippen LogP contribution in [-0.4, -0.2) is 30.8 Å². The Labute approximate surface area is 113 Å². The van der Waals surface area contributed by atoms with E-state index < -0.39 is 11.2 Å². The second-order valence-electron chi connectivity index (χ2n) is 6.28. The Kier molecular flexibility index (Phi) is 6.15. The maximum Gasteiger partial charge on any atom is 0.113 e. The van der Waals surface area contributed by atoms with Gasteiger partial charge in [-0.15, -0.1) is 0 Å². The van der Waals surface area contributed by atoms with Gasteiger partial charge in [-0.25, -0.2) is 0 Å². The van der Waals surface area contributed by atoms with E-state index in [9.17, 15) is 5.11 Å². The molecule has 18 heavy (non-hydrogen) atoms. The van der Waals surface area contributed by atoms with E-state index in [0.29, 0.717) is 18.8 Å². The lowest BCUT2D eigenvalue weighted by Crippen LogP contribution is -2.41. The predicted octanol–water partition coefficient (Wildman–Crippen LogP) is 2.31. The van der Waals surface area contributed by atoms with E-state index in [4.69, 9.17) is 18.3 Å². The summed E-state index contributed by atoms with van der Waals surface area (Å²) in [6.07, 6.45) is 7.31. The van der Waals surface area contributed by atoms with Crippen molar-refractivity contribution < 1.29 is 9.84 Å². The van der Waals surface area contributed by atoms with Gasteiger partial charge in [0.2, 0.25) is 0 Å². The molecule has 2 radical (unpaired) electrons. The van der Waals surface area contributed by atoms with E-state index in [2.05, 4.69) is 6.92 Å². The van der Waals surface area contributed by atoms with Gasteiger partial charge in [-0.1, -0.05) is 19.8 Å². The van der Waals surface area contributed by atoms with Crippen LogP contribution in [0.2, 0.25) is 0 Å². The Morgan fingerprint density at radius 1 is 1.22 bits per heavy atom. The van der Waals surface area contributed by atoms with Crippen molar-refractivity contribution in [2.24, 2.45) is 11.7 Å². The first-order valence-corrected chi connectivity index (χ1v) is 7.25. The first-order chi connectivity index (χ1) is 8.31. The molecule has 1 saturated heterocycles. The van der Waals surface area contributed by atoms with Crippen LogP contribution >= 0.6 is 0 Å². The van der Waals surface area contributed by atoms with E-state index in [1.54, 1.807) is 0 Å². The van der Waals surface area contributed by atoms with Gasteiger partial charge in [-0.3, -0.25) is 0 Å². The van der Waals surface area contributed by atoms with Crippen molar-refractivity contribution in [3.63, 3.8) is 0 Å². The molecule has 3 unspecified atom stereocenters. The lowest BCUT2D eigenvalue weighted by Gasteiger charge is -2.30. The molecule has 3 atom stereocenters. The van der Waals surface area contributed by atoms with Crippen LogP contribution in [0.1, 0.15) is 65.2 Å².